The van der Waals surface area contributed by atoms with Crippen LogP contribution in [0.15, 0.2) is 48.5 Å². The van der Waals surface area contributed by atoms with Crippen LogP contribution in [0.25, 0.3) is 0 Å². The number of hydrogen-bond acceptors (Lipinski definition) is 3. The number of carbonyl (C=O) groups excluding carboxylic acids is 1. The maximum absolute atomic E-state index is 12.5. The Morgan fingerprint density at radius 2 is 1.76 bits per heavy atom. The van der Waals surface area contributed by atoms with Gasteiger partial charge in [-0.3, -0.25) is 0 Å². The van der Waals surface area contributed by atoms with Gasteiger partial charge in [0.15, 0.2) is 0 Å². The van der Waals surface area contributed by atoms with Crippen molar-refractivity contribution in [2.75, 3.05) is 13.1 Å². The molecule has 1 aliphatic rings. The smallest absolute Gasteiger partial charge is 0.490 e. The summed E-state index contributed by atoms with van der Waals surface area (Å²) in [6, 6.07) is 12.5. The molecule has 1 fully saturated rings. The van der Waals surface area contributed by atoms with Gasteiger partial charge < -0.3 is 19.7 Å². The van der Waals surface area contributed by atoms with Crippen molar-refractivity contribution in [3.63, 3.8) is 0 Å². The molecule has 1 heterocycles. The molecular weight excluding hydrogens is 409 g/mol. The number of piperidine rings is 1. The van der Waals surface area contributed by atoms with Crippen molar-refractivity contribution in [1.29, 1.82) is 0 Å². The number of urea groups is 1. The Kier molecular flexibility index (Phi) is 6.74. The molecule has 0 spiro atoms. The van der Waals surface area contributed by atoms with Gasteiger partial charge in [0.25, 0.3) is 0 Å². The molecule has 2 aromatic rings. The van der Waals surface area contributed by atoms with Crippen molar-refractivity contribution in [1.82, 2.24) is 10.2 Å². The molecule has 1 saturated heterocycles. The van der Waals surface area contributed by atoms with Crippen molar-refractivity contribution in [3.05, 3.63) is 59.1 Å². The van der Waals surface area contributed by atoms with Crippen LogP contribution in [0.2, 0.25) is 5.02 Å². The number of para-hydroxylation sites is 1. The summed E-state index contributed by atoms with van der Waals surface area (Å²) in [5, 5.41) is 3.28. The monoisotopic (exact) mass is 428 g/mol. The fraction of sp³-hybridized carbons (Fsp3) is 0.350. The zero-order valence-electron chi connectivity index (χ0n) is 15.4. The van der Waals surface area contributed by atoms with Crippen LogP contribution < -0.4 is 14.8 Å². The molecule has 2 amide bonds. The van der Waals surface area contributed by atoms with Crippen molar-refractivity contribution >= 4 is 17.6 Å². The van der Waals surface area contributed by atoms with Crippen molar-refractivity contribution < 1.29 is 27.4 Å². The number of hydrogen-bond donors (Lipinski definition) is 1. The maximum atomic E-state index is 12.5. The highest BCUT2D eigenvalue weighted by Crippen LogP contribution is 2.26. The second kappa shape index (κ2) is 9.26. The van der Waals surface area contributed by atoms with Crippen LogP contribution in [0.4, 0.5) is 18.0 Å². The van der Waals surface area contributed by atoms with Crippen LogP contribution in [-0.4, -0.2) is 36.5 Å². The minimum Gasteiger partial charge on any atom is -0.490 e. The quantitative estimate of drug-likeness (QED) is 0.729. The second-order valence-electron chi connectivity index (χ2n) is 6.57. The normalized spacial score (nSPS) is 15.1. The number of likely N-dealkylation sites (tertiary alicyclic amines) is 1. The molecule has 9 heteroatoms. The number of benzene rings is 2. The van der Waals surface area contributed by atoms with Gasteiger partial charge in [-0.25, -0.2) is 4.79 Å². The Hall–Kier alpha value is -2.61. The maximum Gasteiger partial charge on any atom is 0.573 e. The SMILES string of the molecule is O=C(NCc1ccccc1OC(F)(F)F)N1CCC(Oc2ccc(Cl)cc2)CC1. The Bertz CT molecular complexity index is 822. The van der Waals surface area contributed by atoms with Gasteiger partial charge in [0.1, 0.15) is 17.6 Å². The summed E-state index contributed by atoms with van der Waals surface area (Å²) in [5.74, 6) is 0.397. The summed E-state index contributed by atoms with van der Waals surface area (Å²) in [6.45, 7) is 0.919. The third-order valence-electron chi connectivity index (χ3n) is 4.47. The molecule has 2 aromatic carbocycles. The molecule has 1 N–H and O–H groups in total. The molecule has 5 nitrogen and oxygen atoms in total. The number of alkyl halides is 3. The molecular formula is C20H20ClF3N2O3. The van der Waals surface area contributed by atoms with Crippen LogP contribution in [0.1, 0.15) is 18.4 Å². The fourth-order valence-electron chi connectivity index (χ4n) is 3.04. The lowest BCUT2D eigenvalue weighted by molar-refractivity contribution is -0.274. The van der Waals surface area contributed by atoms with Crippen molar-refractivity contribution in [2.24, 2.45) is 0 Å². The molecule has 0 atom stereocenters. The number of nitrogens with zero attached hydrogens (tertiary/aromatic N) is 1. The zero-order chi connectivity index (χ0) is 20.9. The highest BCUT2D eigenvalue weighted by Gasteiger charge is 2.32. The number of nitrogens with one attached hydrogen (secondary N) is 1. The topological polar surface area (TPSA) is 50.8 Å². The highest BCUT2D eigenvalue weighted by atomic mass is 35.5. The van der Waals surface area contributed by atoms with E-state index >= 15 is 0 Å². The summed E-state index contributed by atoms with van der Waals surface area (Å²) in [6.07, 6.45) is -3.49. The van der Waals surface area contributed by atoms with Crippen molar-refractivity contribution in [3.8, 4) is 11.5 Å². The van der Waals surface area contributed by atoms with Crippen LogP contribution >= 0.6 is 11.6 Å². The highest BCUT2D eigenvalue weighted by molar-refractivity contribution is 6.30. The lowest BCUT2D eigenvalue weighted by Crippen LogP contribution is -2.46. The molecule has 29 heavy (non-hydrogen) atoms. The number of amides is 2. The first kappa shape index (κ1) is 21.1. The molecule has 3 rings (SSSR count). The number of ether oxygens (including phenoxy) is 2. The summed E-state index contributed by atoms with van der Waals surface area (Å²) < 4.78 is 47.4. The van der Waals surface area contributed by atoms with Crippen LogP contribution in [-0.2, 0) is 6.54 Å². The van der Waals surface area contributed by atoms with E-state index in [0.717, 1.165) is 5.75 Å². The Morgan fingerprint density at radius 3 is 2.41 bits per heavy atom. The van der Waals surface area contributed by atoms with Gasteiger partial charge in [0.05, 0.1) is 0 Å². The molecule has 0 unspecified atom stereocenters. The van der Waals surface area contributed by atoms with Gasteiger partial charge in [-0.15, -0.1) is 13.2 Å². The first-order chi connectivity index (χ1) is 13.8. The number of halogens is 4. The molecule has 0 bridgehead atoms. The Labute approximate surface area is 171 Å². The van der Waals surface area contributed by atoms with E-state index in [4.69, 9.17) is 16.3 Å². The van der Waals surface area contributed by atoms with Crippen molar-refractivity contribution in [2.45, 2.75) is 31.9 Å². The standard InChI is InChI=1S/C20H20ClF3N2O3/c21-15-5-7-16(8-6-15)28-17-9-11-26(12-10-17)19(27)25-13-14-3-1-2-4-18(14)29-20(22,23)24/h1-8,17H,9-13H2,(H,25,27). The second-order valence-corrected chi connectivity index (χ2v) is 7.01. The molecule has 0 aliphatic carbocycles. The van der Waals surface area contributed by atoms with Gasteiger partial charge in [-0.1, -0.05) is 29.8 Å². The minimum absolute atomic E-state index is 0.0128. The van der Waals surface area contributed by atoms with E-state index in [0.29, 0.717) is 31.0 Å². The molecule has 1 aliphatic heterocycles. The minimum atomic E-state index is -4.79. The molecule has 0 saturated carbocycles. The lowest BCUT2D eigenvalue weighted by atomic mass is 10.1. The van der Waals surface area contributed by atoms with E-state index in [2.05, 4.69) is 10.1 Å². The Morgan fingerprint density at radius 1 is 1.10 bits per heavy atom. The van der Waals surface area contributed by atoms with Crippen LogP contribution in [0.5, 0.6) is 11.5 Å². The summed E-state index contributed by atoms with van der Waals surface area (Å²) in [4.78, 5) is 14.0. The first-order valence-corrected chi connectivity index (χ1v) is 9.46. The van der Waals surface area contributed by atoms with Gasteiger partial charge >= 0.3 is 12.4 Å². The molecule has 156 valence electrons. The van der Waals surface area contributed by atoms with E-state index in [-0.39, 0.29) is 30.0 Å². The first-order valence-electron chi connectivity index (χ1n) is 9.09. The molecule has 0 aromatic heterocycles. The van der Waals surface area contributed by atoms with Gasteiger partial charge in [-0.2, -0.15) is 0 Å². The van der Waals surface area contributed by atoms with Gasteiger partial charge in [-0.05, 0) is 30.3 Å². The lowest BCUT2D eigenvalue weighted by Gasteiger charge is -2.32. The number of rotatable bonds is 5. The summed E-state index contributed by atoms with van der Waals surface area (Å²) in [5.41, 5.74) is 0.249. The van der Waals surface area contributed by atoms with E-state index in [1.165, 1.54) is 18.2 Å². The predicted molar refractivity (Wildman–Crippen MR) is 102 cm³/mol. The van der Waals surface area contributed by atoms with E-state index in [1.807, 2.05) is 0 Å². The van der Waals surface area contributed by atoms with E-state index < -0.39 is 6.36 Å². The molecule has 0 radical (unpaired) electrons. The van der Waals surface area contributed by atoms with E-state index in [9.17, 15) is 18.0 Å². The Balaban J connectivity index is 1.47. The fourth-order valence-corrected chi connectivity index (χ4v) is 3.17. The van der Waals surface area contributed by atoms with E-state index in [1.54, 1.807) is 35.2 Å². The average Bonchev–Trinajstić information content (AvgIpc) is 2.68. The van der Waals surface area contributed by atoms with Gasteiger partial charge in [0.2, 0.25) is 0 Å². The summed E-state index contributed by atoms with van der Waals surface area (Å²) >= 11 is 5.85. The largest absolute Gasteiger partial charge is 0.573 e. The third-order valence-corrected chi connectivity index (χ3v) is 4.73. The van der Waals surface area contributed by atoms with Gasteiger partial charge in [0, 0.05) is 43.1 Å². The predicted octanol–water partition coefficient (Wildman–Crippen LogP) is 4.99. The number of carbonyl (C=O) groups is 1. The third kappa shape index (κ3) is 6.45. The average molecular weight is 429 g/mol. The summed E-state index contributed by atoms with van der Waals surface area (Å²) in [7, 11) is 0. The van der Waals surface area contributed by atoms with Crippen LogP contribution in [0, 0.1) is 0 Å². The van der Waals surface area contributed by atoms with Crippen LogP contribution in [0.3, 0.4) is 0 Å². The zero-order valence-corrected chi connectivity index (χ0v) is 16.2.